The maximum atomic E-state index is 11.3. The van der Waals surface area contributed by atoms with Gasteiger partial charge in [0.2, 0.25) is 10.0 Å². The van der Waals surface area contributed by atoms with Crippen LogP contribution >= 0.6 is 34.8 Å². The zero-order valence-corrected chi connectivity index (χ0v) is 25.3. The Kier molecular flexibility index (Phi) is 8.45. The molecule has 0 atom stereocenters. The van der Waals surface area contributed by atoms with E-state index in [2.05, 4.69) is 11.7 Å². The number of aromatic nitrogens is 1. The van der Waals surface area contributed by atoms with Gasteiger partial charge < -0.3 is 14.4 Å². The van der Waals surface area contributed by atoms with Gasteiger partial charge in [0.25, 0.3) is 0 Å². The van der Waals surface area contributed by atoms with E-state index in [0.717, 1.165) is 29.7 Å². The predicted octanol–water partition coefficient (Wildman–Crippen LogP) is 7.66. The Morgan fingerprint density at radius 3 is 2.49 bits per heavy atom. The standard InChI is InChI=1S/C30H29Cl3N2O5S/c1-17(5-3-6-18(2)41(34,37)38)20-14-30(36,15-20)23-12-11-21(13-26(23)33)39-16-22-28(35-40-29(22)19-9-10-19)27-24(31)7-4-8-25(27)32/h3-8,11-13,19-20,36H,1,9-10,14-16H2,2H3,(H2,34,37,38)/b5-3-,18-6+/t20-,30-. The molecule has 0 amide bonds. The van der Waals surface area contributed by atoms with Gasteiger partial charge in [0.05, 0.1) is 31.1 Å². The molecule has 0 radical (unpaired) electrons. The molecule has 7 nitrogen and oxygen atoms in total. The van der Waals surface area contributed by atoms with Gasteiger partial charge in [-0.05, 0) is 68.9 Å². The number of allylic oxidation sites excluding steroid dienone is 5. The lowest BCUT2D eigenvalue weighted by atomic mass is 9.65. The lowest BCUT2D eigenvalue weighted by Gasteiger charge is -2.45. The number of primary sulfonamides is 1. The van der Waals surface area contributed by atoms with Crippen LogP contribution < -0.4 is 9.88 Å². The third kappa shape index (κ3) is 6.43. The van der Waals surface area contributed by atoms with Crippen LogP contribution in [0, 0.1) is 5.92 Å². The summed E-state index contributed by atoms with van der Waals surface area (Å²) in [6, 6.07) is 10.5. The monoisotopic (exact) mass is 634 g/mol. The van der Waals surface area contributed by atoms with Crippen LogP contribution in [0.5, 0.6) is 5.75 Å². The summed E-state index contributed by atoms with van der Waals surface area (Å²) in [6.45, 7) is 5.66. The molecule has 2 fully saturated rings. The number of halogens is 3. The largest absolute Gasteiger partial charge is 0.489 e. The lowest BCUT2D eigenvalue weighted by molar-refractivity contribution is -0.0672. The normalized spacial score (nSPS) is 21.2. The van der Waals surface area contributed by atoms with Crippen LogP contribution in [0.1, 0.15) is 55.4 Å². The van der Waals surface area contributed by atoms with Crippen LogP contribution in [0.2, 0.25) is 15.1 Å². The maximum absolute atomic E-state index is 11.3. The molecule has 0 aliphatic heterocycles. The van der Waals surface area contributed by atoms with E-state index in [1.807, 2.05) is 0 Å². The number of nitrogens with zero attached hydrogens (tertiary/aromatic N) is 1. The SMILES string of the molecule is C=C(/C=C\C=C(/C)S(N)(=O)=O)[C@H]1C[C@@](O)(c2ccc(OCc3c(-c4c(Cl)cccc4Cl)noc3C3CC3)cc2Cl)C1. The first kappa shape index (κ1) is 29.9. The Labute approximate surface area is 254 Å². The van der Waals surface area contributed by atoms with E-state index in [9.17, 15) is 13.5 Å². The Bertz CT molecular complexity index is 1650. The van der Waals surface area contributed by atoms with Gasteiger partial charge in [-0.15, -0.1) is 0 Å². The molecule has 0 bridgehead atoms. The molecular formula is C30H29Cl3N2O5S. The molecule has 1 heterocycles. The van der Waals surface area contributed by atoms with E-state index in [-0.39, 0.29) is 17.4 Å². The second-order valence-corrected chi connectivity index (χ2v) is 13.5. The summed E-state index contributed by atoms with van der Waals surface area (Å²) < 4.78 is 34.5. The summed E-state index contributed by atoms with van der Waals surface area (Å²) in [4.78, 5) is 0.0532. The number of aliphatic hydroxyl groups is 1. The van der Waals surface area contributed by atoms with E-state index in [4.69, 9.17) is 49.2 Å². The fraction of sp³-hybridized carbons (Fsp3) is 0.300. The fourth-order valence-electron chi connectivity index (χ4n) is 4.94. The van der Waals surface area contributed by atoms with Gasteiger partial charge in [0, 0.05) is 17.0 Å². The summed E-state index contributed by atoms with van der Waals surface area (Å²) in [5.41, 5.74) is 2.24. The van der Waals surface area contributed by atoms with E-state index in [1.54, 1.807) is 48.6 Å². The van der Waals surface area contributed by atoms with Crippen molar-refractivity contribution in [2.45, 2.75) is 50.7 Å². The molecule has 2 saturated carbocycles. The first-order valence-electron chi connectivity index (χ1n) is 13.0. The lowest BCUT2D eigenvalue weighted by Crippen LogP contribution is -2.41. The fourth-order valence-corrected chi connectivity index (χ4v) is 6.13. The number of ether oxygens (including phenoxy) is 1. The molecule has 41 heavy (non-hydrogen) atoms. The molecule has 0 spiro atoms. The second kappa shape index (κ2) is 11.6. The van der Waals surface area contributed by atoms with Gasteiger partial charge in [-0.3, -0.25) is 0 Å². The zero-order valence-electron chi connectivity index (χ0n) is 22.2. The minimum atomic E-state index is -3.72. The van der Waals surface area contributed by atoms with E-state index in [1.165, 1.54) is 13.0 Å². The molecule has 0 saturated heterocycles. The summed E-state index contributed by atoms with van der Waals surface area (Å²) in [7, 11) is -3.72. The summed E-state index contributed by atoms with van der Waals surface area (Å²) in [6.07, 6.45) is 7.64. The Morgan fingerprint density at radius 1 is 1.20 bits per heavy atom. The first-order valence-corrected chi connectivity index (χ1v) is 15.7. The number of hydrogen-bond donors (Lipinski definition) is 2. The van der Waals surface area contributed by atoms with Gasteiger partial charge in [0.15, 0.2) is 0 Å². The van der Waals surface area contributed by atoms with Crippen molar-refractivity contribution < 1.29 is 22.8 Å². The average molecular weight is 636 g/mol. The number of benzene rings is 2. The molecule has 0 unspecified atom stereocenters. The van der Waals surface area contributed by atoms with Gasteiger partial charge in [0.1, 0.15) is 23.8 Å². The Balaban J connectivity index is 1.27. The van der Waals surface area contributed by atoms with Crippen molar-refractivity contribution in [2.75, 3.05) is 0 Å². The van der Waals surface area contributed by atoms with Crippen molar-refractivity contribution in [3.63, 3.8) is 0 Å². The number of sulfonamides is 1. The van der Waals surface area contributed by atoms with Crippen LogP contribution in [-0.2, 0) is 22.2 Å². The van der Waals surface area contributed by atoms with Crippen LogP contribution in [-0.4, -0.2) is 18.7 Å². The highest BCUT2D eigenvalue weighted by atomic mass is 35.5. The van der Waals surface area contributed by atoms with E-state index in [0.29, 0.717) is 56.4 Å². The molecule has 11 heteroatoms. The topological polar surface area (TPSA) is 116 Å². The summed E-state index contributed by atoms with van der Waals surface area (Å²) in [5.74, 6) is 1.62. The summed E-state index contributed by atoms with van der Waals surface area (Å²) >= 11 is 19.5. The quantitative estimate of drug-likeness (QED) is 0.221. The molecule has 216 valence electrons. The highest BCUT2D eigenvalue weighted by molar-refractivity contribution is 7.93. The van der Waals surface area contributed by atoms with Gasteiger partial charge in [-0.2, -0.15) is 0 Å². The maximum Gasteiger partial charge on any atom is 0.233 e. The molecular weight excluding hydrogens is 607 g/mol. The zero-order chi connectivity index (χ0) is 29.5. The third-order valence-electron chi connectivity index (χ3n) is 7.57. The van der Waals surface area contributed by atoms with Crippen LogP contribution in [0.25, 0.3) is 11.3 Å². The van der Waals surface area contributed by atoms with Crippen molar-refractivity contribution in [3.05, 3.63) is 104 Å². The summed E-state index contributed by atoms with van der Waals surface area (Å²) in [5, 5.41) is 22.0. The van der Waals surface area contributed by atoms with Crippen molar-refractivity contribution in [2.24, 2.45) is 11.1 Å². The van der Waals surface area contributed by atoms with Gasteiger partial charge >= 0.3 is 0 Å². The third-order valence-corrected chi connectivity index (χ3v) is 9.55. The van der Waals surface area contributed by atoms with Crippen LogP contribution in [0.15, 0.2) is 76.2 Å². The molecule has 2 aliphatic rings. The minimum absolute atomic E-state index is 0.0240. The van der Waals surface area contributed by atoms with Crippen molar-refractivity contribution in [1.82, 2.24) is 5.16 Å². The predicted molar refractivity (Wildman–Crippen MR) is 161 cm³/mol. The van der Waals surface area contributed by atoms with E-state index < -0.39 is 15.6 Å². The Morgan fingerprint density at radius 2 is 1.88 bits per heavy atom. The first-order chi connectivity index (χ1) is 19.4. The molecule has 5 rings (SSSR count). The molecule has 2 aliphatic carbocycles. The van der Waals surface area contributed by atoms with Gasteiger partial charge in [-0.25, -0.2) is 13.6 Å². The smallest absolute Gasteiger partial charge is 0.233 e. The molecule has 2 aromatic carbocycles. The Hall–Kier alpha value is -2.59. The number of nitrogens with two attached hydrogens (primary N) is 1. The highest BCUT2D eigenvalue weighted by Crippen LogP contribution is 2.51. The second-order valence-electron chi connectivity index (χ2n) is 10.6. The van der Waals surface area contributed by atoms with E-state index >= 15 is 0 Å². The minimum Gasteiger partial charge on any atom is -0.489 e. The van der Waals surface area contributed by atoms with Crippen molar-refractivity contribution >= 4 is 44.8 Å². The number of hydrogen-bond acceptors (Lipinski definition) is 6. The van der Waals surface area contributed by atoms with Gasteiger partial charge in [-0.1, -0.05) is 76.4 Å². The number of rotatable bonds is 10. The van der Waals surface area contributed by atoms with Crippen LogP contribution in [0.3, 0.4) is 0 Å². The average Bonchev–Trinajstić information content (AvgIpc) is 3.65. The van der Waals surface area contributed by atoms with Crippen molar-refractivity contribution in [1.29, 1.82) is 0 Å². The molecule has 3 N–H and O–H groups in total. The molecule has 1 aromatic heterocycles. The highest BCUT2D eigenvalue weighted by Gasteiger charge is 2.45. The molecule has 3 aromatic rings. The van der Waals surface area contributed by atoms with Crippen LogP contribution in [0.4, 0.5) is 0 Å². The van der Waals surface area contributed by atoms with Crippen molar-refractivity contribution in [3.8, 4) is 17.0 Å².